The molecule has 1 aliphatic rings. The van der Waals surface area contributed by atoms with Crippen LogP contribution in [0.3, 0.4) is 0 Å². The SMILES string of the molecule is Cc1cc(N(C)CC2CC2C)ccc1C#N. The maximum atomic E-state index is 8.87. The van der Waals surface area contributed by atoms with Crippen molar-refractivity contribution < 1.29 is 0 Å². The molecule has 2 atom stereocenters. The van der Waals surface area contributed by atoms with Crippen LogP contribution in [0.2, 0.25) is 0 Å². The summed E-state index contributed by atoms with van der Waals surface area (Å²) in [5, 5.41) is 8.87. The van der Waals surface area contributed by atoms with Crippen LogP contribution in [0.15, 0.2) is 18.2 Å². The third-order valence-electron chi connectivity index (χ3n) is 3.56. The number of rotatable bonds is 3. The lowest BCUT2D eigenvalue weighted by atomic mass is 10.1. The summed E-state index contributed by atoms with van der Waals surface area (Å²) in [4.78, 5) is 2.29. The van der Waals surface area contributed by atoms with E-state index < -0.39 is 0 Å². The van der Waals surface area contributed by atoms with E-state index in [9.17, 15) is 0 Å². The molecule has 2 rings (SSSR count). The van der Waals surface area contributed by atoms with Gasteiger partial charge in [-0.25, -0.2) is 0 Å². The molecule has 0 saturated heterocycles. The van der Waals surface area contributed by atoms with Crippen LogP contribution >= 0.6 is 0 Å². The number of benzene rings is 1. The zero-order valence-corrected chi connectivity index (χ0v) is 10.2. The predicted octanol–water partition coefficient (Wildman–Crippen LogP) is 2.96. The van der Waals surface area contributed by atoms with Crippen molar-refractivity contribution in [3.63, 3.8) is 0 Å². The Morgan fingerprint density at radius 2 is 2.19 bits per heavy atom. The van der Waals surface area contributed by atoms with Gasteiger partial charge in [-0.3, -0.25) is 0 Å². The number of nitriles is 1. The van der Waals surface area contributed by atoms with Crippen LogP contribution < -0.4 is 4.90 Å². The van der Waals surface area contributed by atoms with Crippen LogP contribution in [0.5, 0.6) is 0 Å². The average Bonchev–Trinajstić information content (AvgIpc) is 2.94. The van der Waals surface area contributed by atoms with Gasteiger partial charge in [0.1, 0.15) is 0 Å². The number of hydrogen-bond acceptors (Lipinski definition) is 2. The predicted molar refractivity (Wildman–Crippen MR) is 66.4 cm³/mol. The Bertz CT molecular complexity index is 431. The number of hydrogen-bond donors (Lipinski definition) is 0. The van der Waals surface area contributed by atoms with Gasteiger partial charge in [-0.1, -0.05) is 6.92 Å². The minimum Gasteiger partial charge on any atom is -0.374 e. The lowest BCUT2D eigenvalue weighted by Crippen LogP contribution is -2.20. The first-order chi connectivity index (χ1) is 7.61. The van der Waals surface area contributed by atoms with Gasteiger partial charge in [0, 0.05) is 19.3 Å². The maximum Gasteiger partial charge on any atom is 0.0994 e. The van der Waals surface area contributed by atoms with E-state index in [1.807, 2.05) is 19.1 Å². The molecular weight excluding hydrogens is 196 g/mol. The van der Waals surface area contributed by atoms with Crippen molar-refractivity contribution in [2.75, 3.05) is 18.5 Å². The second-order valence-electron chi connectivity index (χ2n) is 4.96. The van der Waals surface area contributed by atoms with Crippen LogP contribution in [-0.4, -0.2) is 13.6 Å². The van der Waals surface area contributed by atoms with Gasteiger partial charge in [0.05, 0.1) is 11.6 Å². The fourth-order valence-electron chi connectivity index (χ4n) is 2.12. The van der Waals surface area contributed by atoms with Gasteiger partial charge in [0.2, 0.25) is 0 Å². The van der Waals surface area contributed by atoms with Gasteiger partial charge >= 0.3 is 0 Å². The summed E-state index contributed by atoms with van der Waals surface area (Å²) in [6.07, 6.45) is 1.36. The molecule has 0 amide bonds. The van der Waals surface area contributed by atoms with E-state index in [-0.39, 0.29) is 0 Å². The van der Waals surface area contributed by atoms with Gasteiger partial charge in [-0.15, -0.1) is 0 Å². The Kier molecular flexibility index (Phi) is 2.87. The molecule has 1 aromatic rings. The van der Waals surface area contributed by atoms with E-state index in [2.05, 4.69) is 31.0 Å². The smallest absolute Gasteiger partial charge is 0.0994 e. The minimum atomic E-state index is 0.775. The highest BCUT2D eigenvalue weighted by Crippen LogP contribution is 2.38. The molecule has 0 N–H and O–H groups in total. The van der Waals surface area contributed by atoms with Crippen molar-refractivity contribution >= 4 is 5.69 Å². The fourth-order valence-corrected chi connectivity index (χ4v) is 2.12. The molecule has 1 aromatic carbocycles. The average molecular weight is 214 g/mol. The molecule has 16 heavy (non-hydrogen) atoms. The highest BCUT2D eigenvalue weighted by atomic mass is 15.1. The summed E-state index contributed by atoms with van der Waals surface area (Å²) in [5.74, 6) is 1.75. The van der Waals surface area contributed by atoms with Crippen molar-refractivity contribution in [2.24, 2.45) is 11.8 Å². The molecule has 1 aliphatic carbocycles. The summed E-state index contributed by atoms with van der Waals surface area (Å²) in [6, 6.07) is 8.26. The molecule has 0 heterocycles. The Morgan fingerprint density at radius 1 is 1.50 bits per heavy atom. The summed E-state index contributed by atoms with van der Waals surface area (Å²) >= 11 is 0. The van der Waals surface area contributed by atoms with E-state index in [0.29, 0.717) is 0 Å². The zero-order valence-electron chi connectivity index (χ0n) is 10.2. The standard InChI is InChI=1S/C14H18N2/c1-10-6-13(10)9-16(3)14-5-4-12(8-15)11(2)7-14/h4-5,7,10,13H,6,9H2,1-3H3. The van der Waals surface area contributed by atoms with E-state index in [4.69, 9.17) is 5.26 Å². The Balaban J connectivity index is 2.09. The number of anilines is 1. The second-order valence-corrected chi connectivity index (χ2v) is 4.96. The van der Waals surface area contributed by atoms with Gasteiger partial charge < -0.3 is 4.90 Å². The van der Waals surface area contributed by atoms with Gasteiger partial charge in [-0.2, -0.15) is 5.26 Å². The number of nitrogens with zero attached hydrogens (tertiary/aromatic N) is 2. The van der Waals surface area contributed by atoms with Gasteiger partial charge in [0.25, 0.3) is 0 Å². The third-order valence-corrected chi connectivity index (χ3v) is 3.56. The Hall–Kier alpha value is -1.49. The van der Waals surface area contributed by atoms with Crippen LogP contribution in [0.1, 0.15) is 24.5 Å². The topological polar surface area (TPSA) is 27.0 Å². The molecule has 1 saturated carbocycles. The molecule has 0 spiro atoms. The highest BCUT2D eigenvalue weighted by Gasteiger charge is 2.33. The molecule has 0 aliphatic heterocycles. The Morgan fingerprint density at radius 3 is 2.69 bits per heavy atom. The lowest BCUT2D eigenvalue weighted by molar-refractivity contribution is 0.725. The van der Waals surface area contributed by atoms with Crippen LogP contribution in [0.25, 0.3) is 0 Å². The molecule has 84 valence electrons. The van der Waals surface area contributed by atoms with Crippen molar-refractivity contribution in [3.8, 4) is 6.07 Å². The molecule has 0 bridgehead atoms. The third kappa shape index (κ3) is 2.19. The highest BCUT2D eigenvalue weighted by molar-refractivity contribution is 5.53. The van der Waals surface area contributed by atoms with Crippen molar-refractivity contribution in [3.05, 3.63) is 29.3 Å². The molecule has 2 unspecified atom stereocenters. The van der Waals surface area contributed by atoms with Crippen LogP contribution in [-0.2, 0) is 0 Å². The summed E-state index contributed by atoms with van der Waals surface area (Å²) in [5.41, 5.74) is 3.06. The van der Waals surface area contributed by atoms with E-state index in [1.165, 1.54) is 12.1 Å². The number of aryl methyl sites for hydroxylation is 1. The van der Waals surface area contributed by atoms with Crippen LogP contribution in [0, 0.1) is 30.1 Å². The normalized spacial score (nSPS) is 22.6. The molecule has 0 radical (unpaired) electrons. The quantitative estimate of drug-likeness (QED) is 0.773. The maximum absolute atomic E-state index is 8.87. The summed E-state index contributed by atoms with van der Waals surface area (Å²) < 4.78 is 0. The van der Waals surface area contributed by atoms with E-state index in [0.717, 1.165) is 29.5 Å². The monoisotopic (exact) mass is 214 g/mol. The van der Waals surface area contributed by atoms with Crippen molar-refractivity contribution in [1.82, 2.24) is 0 Å². The Labute approximate surface area is 97.5 Å². The first-order valence-electron chi connectivity index (χ1n) is 5.83. The summed E-state index contributed by atoms with van der Waals surface area (Å²) in [6.45, 7) is 5.44. The first-order valence-corrected chi connectivity index (χ1v) is 5.83. The van der Waals surface area contributed by atoms with E-state index >= 15 is 0 Å². The molecule has 2 nitrogen and oxygen atoms in total. The zero-order chi connectivity index (χ0) is 11.7. The first kappa shape index (κ1) is 11.0. The molecular formula is C14H18N2. The minimum absolute atomic E-state index is 0.775. The molecule has 2 heteroatoms. The second kappa shape index (κ2) is 4.17. The molecule has 0 aromatic heterocycles. The lowest BCUT2D eigenvalue weighted by Gasteiger charge is -2.20. The van der Waals surface area contributed by atoms with E-state index in [1.54, 1.807) is 0 Å². The van der Waals surface area contributed by atoms with Gasteiger partial charge in [-0.05, 0) is 48.9 Å². The largest absolute Gasteiger partial charge is 0.374 e. The van der Waals surface area contributed by atoms with Crippen molar-refractivity contribution in [2.45, 2.75) is 20.3 Å². The van der Waals surface area contributed by atoms with Crippen molar-refractivity contribution in [1.29, 1.82) is 5.26 Å². The van der Waals surface area contributed by atoms with Crippen LogP contribution in [0.4, 0.5) is 5.69 Å². The van der Waals surface area contributed by atoms with Gasteiger partial charge in [0.15, 0.2) is 0 Å². The molecule has 1 fully saturated rings. The fraction of sp³-hybridized carbons (Fsp3) is 0.500. The summed E-state index contributed by atoms with van der Waals surface area (Å²) in [7, 11) is 2.13.